The Morgan fingerprint density at radius 2 is 1.39 bits per heavy atom. The largest absolute Gasteiger partial charge is 0.388 e. The van der Waals surface area contributed by atoms with E-state index in [-0.39, 0.29) is 10.7 Å². The molecule has 2 aliphatic rings. The van der Waals surface area contributed by atoms with E-state index in [1.165, 1.54) is 0 Å². The van der Waals surface area contributed by atoms with Crippen LogP contribution in [0.5, 0.6) is 0 Å². The lowest BCUT2D eigenvalue weighted by molar-refractivity contribution is -0.340. The summed E-state index contributed by atoms with van der Waals surface area (Å²) in [5.74, 6) is 0. The van der Waals surface area contributed by atoms with Crippen LogP contribution in [0.4, 0.5) is 4.39 Å². The van der Waals surface area contributed by atoms with Crippen molar-refractivity contribution in [3.63, 3.8) is 0 Å². The van der Waals surface area contributed by atoms with Gasteiger partial charge in [-0.2, -0.15) is 0 Å². The number of hydrogen-bond acceptors (Lipinski definition) is 8. The molecule has 0 spiro atoms. The highest BCUT2D eigenvalue weighted by Crippen LogP contribution is 2.30. The van der Waals surface area contributed by atoms with E-state index in [4.69, 9.17) is 14.2 Å². The van der Waals surface area contributed by atoms with Crippen LogP contribution in [0.3, 0.4) is 0 Å². The van der Waals surface area contributed by atoms with Crippen molar-refractivity contribution in [2.45, 2.75) is 61.5 Å². The molecule has 0 aliphatic carbocycles. The van der Waals surface area contributed by atoms with Gasteiger partial charge in [-0.15, -0.1) is 0 Å². The Morgan fingerprint density at radius 1 is 0.783 bits per heavy atom. The highest BCUT2D eigenvalue weighted by molar-refractivity contribution is 9.09. The molecule has 136 valence electrons. The summed E-state index contributed by atoms with van der Waals surface area (Å²) in [5, 5.41) is 49.4. The maximum Gasteiger partial charge on any atom is 0.228 e. The zero-order valence-electron chi connectivity index (χ0n) is 11.8. The van der Waals surface area contributed by atoms with Crippen LogP contribution >= 0.6 is 31.9 Å². The monoisotopic (exact) mass is 468 g/mol. The molecule has 0 saturated carbocycles. The predicted octanol–water partition coefficient (Wildman–Crippen LogP) is -1.61. The summed E-state index contributed by atoms with van der Waals surface area (Å²) in [6.45, 7) is 0. The lowest BCUT2D eigenvalue weighted by Gasteiger charge is -2.45. The van der Waals surface area contributed by atoms with Gasteiger partial charge >= 0.3 is 0 Å². The first-order valence-electron chi connectivity index (χ1n) is 6.94. The third kappa shape index (κ3) is 4.05. The molecule has 0 unspecified atom stereocenters. The average Bonchev–Trinajstić information content (AvgIpc) is 2.55. The highest BCUT2D eigenvalue weighted by Gasteiger charge is 2.50. The van der Waals surface area contributed by atoms with Crippen LogP contribution in [0, 0.1) is 0 Å². The van der Waals surface area contributed by atoms with Gasteiger partial charge < -0.3 is 39.7 Å². The van der Waals surface area contributed by atoms with E-state index in [0.717, 1.165) is 0 Å². The van der Waals surface area contributed by atoms with Crippen LogP contribution in [0.15, 0.2) is 0 Å². The van der Waals surface area contributed by atoms with Crippen molar-refractivity contribution < 1.29 is 44.1 Å². The van der Waals surface area contributed by atoms with Crippen molar-refractivity contribution in [1.29, 1.82) is 0 Å². The fraction of sp³-hybridized carbons (Fsp3) is 1.00. The van der Waals surface area contributed by atoms with Gasteiger partial charge in [0.2, 0.25) is 6.36 Å². The normalized spacial score (nSPS) is 51.7. The molecule has 2 saturated heterocycles. The second kappa shape index (κ2) is 8.30. The van der Waals surface area contributed by atoms with Gasteiger partial charge in [-0.3, -0.25) is 0 Å². The predicted molar refractivity (Wildman–Crippen MR) is 80.9 cm³/mol. The first-order chi connectivity index (χ1) is 10.8. The van der Waals surface area contributed by atoms with Gasteiger partial charge in [0.15, 0.2) is 6.29 Å². The average molecular weight is 470 g/mol. The highest BCUT2D eigenvalue weighted by atomic mass is 79.9. The molecule has 2 aliphatic heterocycles. The van der Waals surface area contributed by atoms with E-state index in [0.29, 0.717) is 0 Å². The molecule has 11 heteroatoms. The van der Waals surface area contributed by atoms with Gasteiger partial charge in [-0.1, -0.05) is 31.9 Å². The zero-order chi connectivity index (χ0) is 17.3. The molecule has 8 nitrogen and oxygen atoms in total. The Balaban J connectivity index is 2.11. The van der Waals surface area contributed by atoms with Crippen LogP contribution in [0.25, 0.3) is 0 Å². The summed E-state index contributed by atoms with van der Waals surface area (Å²) in [6.07, 6.45) is -14.4. The molecule has 0 amide bonds. The van der Waals surface area contributed by atoms with Gasteiger partial charge in [0, 0.05) is 10.7 Å². The SMILES string of the molecule is O[C@@H]1[C@@H](O)[C@H](O[C@H]2[C@H](O)[C@@H](O)[C@@H](F)O[C@@H]2CBr)O[C@H](CBr)[C@H]1O. The molecule has 2 fully saturated rings. The van der Waals surface area contributed by atoms with Crippen LogP contribution in [0.2, 0.25) is 0 Å². The Morgan fingerprint density at radius 3 is 1.96 bits per heavy atom. The van der Waals surface area contributed by atoms with Gasteiger partial charge in [0.25, 0.3) is 0 Å². The van der Waals surface area contributed by atoms with E-state index < -0.39 is 61.5 Å². The number of ether oxygens (including phenoxy) is 3. The minimum absolute atomic E-state index is 0.0950. The summed E-state index contributed by atoms with van der Waals surface area (Å²) >= 11 is 6.19. The minimum atomic E-state index is -2.08. The Labute approximate surface area is 148 Å². The first kappa shape index (κ1) is 19.9. The molecule has 2 heterocycles. The van der Waals surface area contributed by atoms with Gasteiger partial charge in [0.1, 0.15) is 36.6 Å². The minimum Gasteiger partial charge on any atom is -0.388 e. The van der Waals surface area contributed by atoms with Crippen LogP contribution in [-0.2, 0) is 14.2 Å². The van der Waals surface area contributed by atoms with Crippen molar-refractivity contribution in [3.05, 3.63) is 0 Å². The second-order valence-corrected chi connectivity index (χ2v) is 6.73. The fourth-order valence-corrected chi connectivity index (χ4v) is 3.55. The zero-order valence-corrected chi connectivity index (χ0v) is 15.0. The number of hydrogen-bond donors (Lipinski definition) is 5. The quantitative estimate of drug-likeness (QED) is 0.311. The van der Waals surface area contributed by atoms with Gasteiger partial charge in [0.05, 0.1) is 12.2 Å². The molecule has 0 aromatic heterocycles. The van der Waals surface area contributed by atoms with E-state index in [2.05, 4.69) is 31.9 Å². The molecular formula is C12H19Br2FO8. The maximum atomic E-state index is 13.5. The van der Waals surface area contributed by atoms with Crippen molar-refractivity contribution >= 4 is 31.9 Å². The number of aliphatic hydroxyl groups is 5. The second-order valence-electron chi connectivity index (χ2n) is 5.43. The fourth-order valence-electron chi connectivity index (χ4n) is 2.50. The van der Waals surface area contributed by atoms with E-state index >= 15 is 0 Å². The molecule has 0 radical (unpaired) electrons. The van der Waals surface area contributed by atoms with Crippen molar-refractivity contribution in [2.75, 3.05) is 10.7 Å². The molecule has 0 aromatic carbocycles. The Hall–Kier alpha value is 0.570. The molecule has 23 heavy (non-hydrogen) atoms. The molecule has 0 bridgehead atoms. The Kier molecular flexibility index (Phi) is 7.18. The van der Waals surface area contributed by atoms with Crippen molar-refractivity contribution in [3.8, 4) is 0 Å². The third-order valence-corrected chi connectivity index (χ3v) is 5.17. The summed E-state index contributed by atoms with van der Waals surface area (Å²) in [7, 11) is 0. The standard InChI is InChI=1S/C12H19Br2FO8/c13-1-3-5(16)6(17)9(20)12(22-3)23-10-4(2-14)21-11(15)8(19)7(10)18/h3-12,16-20H,1-2H2/t3-,4-,5-,6+,7-,8-,9-,10-,11+,12+/m1/s1. The topological polar surface area (TPSA) is 129 Å². The molecule has 5 N–H and O–H groups in total. The van der Waals surface area contributed by atoms with Crippen LogP contribution in [-0.4, -0.2) is 97.7 Å². The van der Waals surface area contributed by atoms with Gasteiger partial charge in [-0.05, 0) is 0 Å². The molecule has 10 atom stereocenters. The van der Waals surface area contributed by atoms with Gasteiger partial charge in [-0.25, -0.2) is 4.39 Å². The van der Waals surface area contributed by atoms with Crippen LogP contribution < -0.4 is 0 Å². The van der Waals surface area contributed by atoms with Crippen molar-refractivity contribution in [2.24, 2.45) is 0 Å². The van der Waals surface area contributed by atoms with Crippen molar-refractivity contribution in [1.82, 2.24) is 0 Å². The summed E-state index contributed by atoms with van der Waals surface area (Å²) in [5.41, 5.74) is 0. The van der Waals surface area contributed by atoms with E-state index in [9.17, 15) is 29.9 Å². The summed E-state index contributed by atoms with van der Waals surface area (Å²) in [6, 6.07) is 0. The maximum absolute atomic E-state index is 13.5. The number of halogens is 3. The lowest BCUT2D eigenvalue weighted by atomic mass is 9.98. The first-order valence-corrected chi connectivity index (χ1v) is 9.18. The third-order valence-electron chi connectivity index (χ3n) is 3.89. The summed E-state index contributed by atoms with van der Waals surface area (Å²) < 4.78 is 29.1. The Bertz CT molecular complexity index is 390. The number of rotatable bonds is 4. The van der Waals surface area contributed by atoms with E-state index in [1.54, 1.807) is 0 Å². The van der Waals surface area contributed by atoms with Crippen LogP contribution in [0.1, 0.15) is 0 Å². The summed E-state index contributed by atoms with van der Waals surface area (Å²) in [4.78, 5) is 0. The molecule has 0 aromatic rings. The molecular weight excluding hydrogens is 451 g/mol. The number of alkyl halides is 3. The lowest BCUT2D eigenvalue weighted by Crippen LogP contribution is -2.63. The molecule has 2 rings (SSSR count). The number of aliphatic hydroxyl groups excluding tert-OH is 5. The smallest absolute Gasteiger partial charge is 0.228 e. The van der Waals surface area contributed by atoms with E-state index in [1.807, 2.05) is 0 Å².